The molecule has 1 atom stereocenters. The van der Waals surface area contributed by atoms with Crippen molar-refractivity contribution in [2.45, 2.75) is 17.4 Å². The van der Waals surface area contributed by atoms with Crippen molar-refractivity contribution in [3.05, 3.63) is 23.2 Å². The van der Waals surface area contributed by atoms with E-state index in [4.69, 9.17) is 17.3 Å². The summed E-state index contributed by atoms with van der Waals surface area (Å²) in [6, 6.07) is 4.27. The highest BCUT2D eigenvalue weighted by Crippen LogP contribution is 2.27. The zero-order valence-electron chi connectivity index (χ0n) is 9.01. The normalized spacial score (nSPS) is 21.9. The molecule has 94 valence electrons. The highest BCUT2D eigenvalue weighted by Gasteiger charge is 2.32. The highest BCUT2D eigenvalue weighted by atomic mass is 35.5. The molecular formula is C10H13ClN2O3S. The van der Waals surface area contributed by atoms with Gasteiger partial charge in [0, 0.05) is 18.1 Å². The van der Waals surface area contributed by atoms with Gasteiger partial charge in [0.1, 0.15) is 4.90 Å². The Kier molecular flexibility index (Phi) is 3.31. The molecule has 1 saturated heterocycles. The summed E-state index contributed by atoms with van der Waals surface area (Å²) < 4.78 is 25.6. The van der Waals surface area contributed by atoms with Crippen molar-refractivity contribution in [2.24, 2.45) is 0 Å². The summed E-state index contributed by atoms with van der Waals surface area (Å²) in [6.45, 7) is 0.427. The fraction of sp³-hybridized carbons (Fsp3) is 0.400. The molecule has 2 rings (SSSR count). The fourth-order valence-corrected chi connectivity index (χ4v) is 3.59. The van der Waals surface area contributed by atoms with Crippen LogP contribution >= 0.6 is 11.6 Å². The van der Waals surface area contributed by atoms with Gasteiger partial charge in [0.2, 0.25) is 10.0 Å². The summed E-state index contributed by atoms with van der Waals surface area (Å²) in [6.07, 6.45) is -0.148. The number of halogens is 1. The second kappa shape index (κ2) is 4.45. The van der Waals surface area contributed by atoms with Gasteiger partial charge < -0.3 is 10.8 Å². The third-order valence-electron chi connectivity index (χ3n) is 2.72. The molecule has 3 N–H and O–H groups in total. The lowest BCUT2D eigenvalue weighted by atomic mass is 10.3. The van der Waals surface area contributed by atoms with Crippen LogP contribution in [-0.2, 0) is 10.0 Å². The predicted molar refractivity (Wildman–Crippen MR) is 65.2 cm³/mol. The minimum atomic E-state index is -3.63. The van der Waals surface area contributed by atoms with Crippen LogP contribution in [0.3, 0.4) is 0 Å². The lowest BCUT2D eigenvalue weighted by Gasteiger charge is -2.17. The molecule has 0 spiro atoms. The van der Waals surface area contributed by atoms with Gasteiger partial charge in [-0.3, -0.25) is 0 Å². The van der Waals surface area contributed by atoms with E-state index >= 15 is 0 Å². The van der Waals surface area contributed by atoms with Crippen molar-refractivity contribution in [3.8, 4) is 0 Å². The summed E-state index contributed by atoms with van der Waals surface area (Å²) in [7, 11) is -3.63. The number of hydrogen-bond acceptors (Lipinski definition) is 4. The first kappa shape index (κ1) is 12.6. The Bertz CT molecular complexity index is 532. The van der Waals surface area contributed by atoms with Crippen molar-refractivity contribution in [1.29, 1.82) is 0 Å². The molecule has 7 heteroatoms. The Morgan fingerprint density at radius 1 is 1.47 bits per heavy atom. The van der Waals surface area contributed by atoms with E-state index < -0.39 is 16.1 Å². The number of anilines is 1. The number of nitrogens with two attached hydrogens (primary N) is 1. The molecule has 0 saturated carbocycles. The molecule has 1 unspecified atom stereocenters. The van der Waals surface area contributed by atoms with E-state index in [0.29, 0.717) is 18.0 Å². The smallest absolute Gasteiger partial charge is 0.245 e. The van der Waals surface area contributed by atoms with Crippen molar-refractivity contribution in [1.82, 2.24) is 4.31 Å². The Balaban J connectivity index is 2.38. The summed E-state index contributed by atoms with van der Waals surface area (Å²) in [5, 5.41) is 9.76. The van der Waals surface area contributed by atoms with E-state index in [1.807, 2.05) is 0 Å². The largest absolute Gasteiger partial charge is 0.398 e. The molecule has 0 bridgehead atoms. The standard InChI is InChI=1S/C10H13ClN2O3S/c11-7-1-2-10(9(12)5-7)17(15,16)13-4-3-8(14)6-13/h1-2,5,8,14H,3-4,6,12H2. The quantitative estimate of drug-likeness (QED) is 0.778. The predicted octanol–water partition coefficient (Wildman–Crippen LogP) is 0.678. The van der Waals surface area contributed by atoms with Crippen molar-refractivity contribution >= 4 is 27.3 Å². The monoisotopic (exact) mass is 276 g/mol. The van der Waals surface area contributed by atoms with Crippen LogP contribution < -0.4 is 5.73 Å². The number of aliphatic hydroxyl groups excluding tert-OH is 1. The van der Waals surface area contributed by atoms with E-state index in [1.54, 1.807) is 0 Å². The van der Waals surface area contributed by atoms with Crippen LogP contribution in [0, 0.1) is 0 Å². The molecule has 1 fully saturated rings. The lowest BCUT2D eigenvalue weighted by Crippen LogP contribution is -2.30. The topological polar surface area (TPSA) is 83.6 Å². The molecule has 5 nitrogen and oxygen atoms in total. The van der Waals surface area contributed by atoms with Gasteiger partial charge in [0.15, 0.2) is 0 Å². The van der Waals surface area contributed by atoms with E-state index in [1.165, 1.54) is 22.5 Å². The zero-order chi connectivity index (χ0) is 12.6. The van der Waals surface area contributed by atoms with Gasteiger partial charge in [-0.05, 0) is 24.6 Å². The van der Waals surface area contributed by atoms with Crippen LogP contribution in [0.5, 0.6) is 0 Å². The average Bonchev–Trinajstić information content (AvgIpc) is 2.64. The molecule has 1 aromatic carbocycles. The maximum atomic E-state index is 12.2. The third-order valence-corrected chi connectivity index (χ3v) is 4.89. The van der Waals surface area contributed by atoms with Gasteiger partial charge in [-0.2, -0.15) is 4.31 Å². The van der Waals surface area contributed by atoms with Crippen LogP contribution in [0.25, 0.3) is 0 Å². The van der Waals surface area contributed by atoms with Gasteiger partial charge in [-0.15, -0.1) is 0 Å². The van der Waals surface area contributed by atoms with E-state index in [-0.39, 0.29) is 17.1 Å². The number of sulfonamides is 1. The van der Waals surface area contributed by atoms with Crippen molar-refractivity contribution < 1.29 is 13.5 Å². The first-order chi connectivity index (χ1) is 7.91. The van der Waals surface area contributed by atoms with Gasteiger partial charge in [0.25, 0.3) is 0 Å². The molecule has 1 aliphatic heterocycles. The van der Waals surface area contributed by atoms with Crippen LogP contribution in [0.4, 0.5) is 5.69 Å². The minimum Gasteiger partial charge on any atom is -0.398 e. The first-order valence-corrected chi connectivity index (χ1v) is 6.96. The van der Waals surface area contributed by atoms with E-state index in [2.05, 4.69) is 0 Å². The van der Waals surface area contributed by atoms with Crippen LogP contribution in [0.1, 0.15) is 6.42 Å². The van der Waals surface area contributed by atoms with Gasteiger partial charge in [-0.1, -0.05) is 11.6 Å². The number of aliphatic hydroxyl groups is 1. The number of nitrogens with zero attached hydrogens (tertiary/aromatic N) is 1. The number of benzene rings is 1. The molecule has 1 heterocycles. The van der Waals surface area contributed by atoms with E-state index in [0.717, 1.165) is 0 Å². The molecule has 17 heavy (non-hydrogen) atoms. The maximum Gasteiger partial charge on any atom is 0.245 e. The summed E-state index contributed by atoms with van der Waals surface area (Å²) in [5.41, 5.74) is 5.78. The molecular weight excluding hydrogens is 264 g/mol. The van der Waals surface area contributed by atoms with Crippen molar-refractivity contribution in [2.75, 3.05) is 18.8 Å². The molecule has 0 aromatic heterocycles. The summed E-state index contributed by atoms with van der Waals surface area (Å²) in [4.78, 5) is 0.0380. The first-order valence-electron chi connectivity index (χ1n) is 5.14. The fourth-order valence-electron chi connectivity index (χ4n) is 1.82. The van der Waals surface area contributed by atoms with E-state index in [9.17, 15) is 13.5 Å². The Morgan fingerprint density at radius 2 is 2.18 bits per heavy atom. The molecule has 1 aliphatic rings. The van der Waals surface area contributed by atoms with Gasteiger partial charge in [-0.25, -0.2) is 8.42 Å². The SMILES string of the molecule is Nc1cc(Cl)ccc1S(=O)(=O)N1CCC(O)C1. The molecule has 0 aliphatic carbocycles. The summed E-state index contributed by atoms with van der Waals surface area (Å²) >= 11 is 5.72. The Hall–Kier alpha value is -0.820. The van der Waals surface area contributed by atoms with Crippen LogP contribution in [-0.4, -0.2) is 37.0 Å². The van der Waals surface area contributed by atoms with Gasteiger partial charge >= 0.3 is 0 Å². The molecule has 0 radical (unpaired) electrons. The van der Waals surface area contributed by atoms with Gasteiger partial charge in [0.05, 0.1) is 11.8 Å². The number of β-amino-alcohol motifs (C(OH)–C–C–N with tert-alkyl or cyclic N) is 1. The summed E-state index contributed by atoms with van der Waals surface area (Å²) in [5.74, 6) is 0. The number of hydrogen-bond donors (Lipinski definition) is 2. The highest BCUT2D eigenvalue weighted by molar-refractivity contribution is 7.89. The number of nitrogen functional groups attached to an aromatic ring is 1. The lowest BCUT2D eigenvalue weighted by molar-refractivity contribution is 0.189. The Morgan fingerprint density at radius 3 is 2.71 bits per heavy atom. The maximum absolute atomic E-state index is 12.2. The second-order valence-electron chi connectivity index (χ2n) is 3.99. The average molecular weight is 277 g/mol. The zero-order valence-corrected chi connectivity index (χ0v) is 10.6. The third kappa shape index (κ3) is 2.40. The molecule has 1 aromatic rings. The Labute approximate surface area is 105 Å². The van der Waals surface area contributed by atoms with Crippen molar-refractivity contribution in [3.63, 3.8) is 0 Å². The van der Waals surface area contributed by atoms with Crippen LogP contribution in [0.2, 0.25) is 5.02 Å². The minimum absolute atomic E-state index is 0.0380. The second-order valence-corrected chi connectivity index (χ2v) is 6.33. The van der Waals surface area contributed by atoms with Crippen LogP contribution in [0.15, 0.2) is 23.1 Å². The number of rotatable bonds is 2. The molecule has 0 amide bonds.